The monoisotopic (exact) mass is 1090 g/mol. The Labute approximate surface area is 450 Å². The molecule has 3 fully saturated rings. The van der Waals surface area contributed by atoms with E-state index in [0.29, 0.717) is 24.7 Å². The maximum atomic E-state index is 14.6. The summed E-state index contributed by atoms with van der Waals surface area (Å²) in [5, 5.41) is 104. The fourth-order valence-corrected chi connectivity index (χ4v) is 10.2. The van der Waals surface area contributed by atoms with Crippen LogP contribution in [0.5, 0.6) is 5.75 Å². The van der Waals surface area contributed by atoms with Crippen LogP contribution < -0.4 is 43.4 Å². The van der Waals surface area contributed by atoms with Gasteiger partial charge in [-0.05, 0) is 68.7 Å². The third-order valence-electron chi connectivity index (χ3n) is 14.9. The van der Waals surface area contributed by atoms with E-state index in [2.05, 4.69) is 52.7 Å². The van der Waals surface area contributed by atoms with Crippen LogP contribution in [0.15, 0.2) is 24.3 Å². The van der Waals surface area contributed by atoms with Gasteiger partial charge in [0.05, 0.1) is 30.5 Å². The van der Waals surface area contributed by atoms with Crippen LogP contribution in [-0.2, 0) is 33.6 Å². The molecule has 436 valence electrons. The largest absolute Gasteiger partial charge is 0.508 e. The lowest BCUT2D eigenvalue weighted by atomic mass is 9.91. The Balaban J connectivity index is 1.73. The molecule has 4 rings (SSSR count). The number of fused-ring (bicyclic) bond motifs is 2. The molecule has 0 aliphatic carbocycles. The molecular weight excluding hydrogens is 1000 g/mol. The van der Waals surface area contributed by atoms with Gasteiger partial charge in [0.1, 0.15) is 60.4 Å². The Morgan fingerprint density at radius 3 is 1.97 bits per heavy atom. The van der Waals surface area contributed by atoms with Gasteiger partial charge in [0, 0.05) is 45.4 Å². The van der Waals surface area contributed by atoms with E-state index in [0.717, 1.165) is 55.2 Å². The molecule has 18 N–H and O–H groups in total. The Morgan fingerprint density at radius 2 is 1.34 bits per heavy atom. The summed E-state index contributed by atoms with van der Waals surface area (Å²) in [6.07, 6.45) is -6.95. The molecule has 1 aromatic rings. The minimum absolute atomic E-state index is 0.0257. The zero-order valence-electron chi connectivity index (χ0n) is 45.0. The SMILES string of the molecule is CC[C@@H](C)C[C@@H](C)CCCCCCCCC(=O)N[C@H]1C[C@@H](O)[C@@H](NCCN)NC(=O)[C@@H]2[C@@H](O)CCN2C(=O)[C@H]([C@H](O)CCN)NC(=O)[C@H]([C@@H](O)[C@H](O)c2ccc(O)cc2)NC(=O)[C@@H]2C[C@@H](O)CN2C(=O)[C@H]([C@@H](C)O)NC1=O. The Hall–Kier alpha value is -5.09. The van der Waals surface area contributed by atoms with Crippen molar-refractivity contribution in [3.05, 3.63) is 29.8 Å². The van der Waals surface area contributed by atoms with E-state index in [1.807, 2.05) is 0 Å². The van der Waals surface area contributed by atoms with Crippen LogP contribution in [-0.4, -0.2) is 204 Å². The highest BCUT2D eigenvalue weighted by Gasteiger charge is 2.49. The van der Waals surface area contributed by atoms with Crippen LogP contribution >= 0.6 is 0 Å². The number of aromatic hydroxyl groups is 1. The number of rotatable bonds is 23. The number of hydrogen-bond acceptors (Lipinski definition) is 18. The van der Waals surface area contributed by atoms with E-state index in [4.69, 9.17) is 11.5 Å². The van der Waals surface area contributed by atoms with Gasteiger partial charge in [-0.1, -0.05) is 77.8 Å². The number of hydrogen-bond donors (Lipinski definition) is 16. The van der Waals surface area contributed by atoms with Gasteiger partial charge in [-0.3, -0.25) is 38.9 Å². The maximum absolute atomic E-state index is 14.6. The first-order valence-electron chi connectivity index (χ1n) is 27.3. The molecule has 0 spiro atoms. The van der Waals surface area contributed by atoms with Gasteiger partial charge in [0.25, 0.3) is 0 Å². The first kappa shape index (κ1) is 64.4. The molecular formula is C52H88N10O15. The number of unbranched alkanes of at least 4 members (excludes halogenated alkanes) is 5. The zero-order chi connectivity index (χ0) is 57.1. The maximum Gasteiger partial charge on any atom is 0.248 e. The van der Waals surface area contributed by atoms with E-state index in [1.165, 1.54) is 30.7 Å². The van der Waals surface area contributed by atoms with Crippen LogP contribution in [0, 0.1) is 11.8 Å². The van der Waals surface area contributed by atoms with Crippen LogP contribution in [0.1, 0.15) is 129 Å². The van der Waals surface area contributed by atoms with Gasteiger partial charge < -0.3 is 88.7 Å². The van der Waals surface area contributed by atoms with Crippen molar-refractivity contribution in [3.8, 4) is 5.75 Å². The molecule has 16 atom stereocenters. The Morgan fingerprint density at radius 1 is 0.714 bits per heavy atom. The summed E-state index contributed by atoms with van der Waals surface area (Å²) in [5.74, 6) is -6.43. The number of nitrogens with two attached hydrogens (primary N) is 2. The Kier molecular flexibility index (Phi) is 26.4. The summed E-state index contributed by atoms with van der Waals surface area (Å²) in [7, 11) is 0. The topological polar surface area (TPSA) is 412 Å². The van der Waals surface area contributed by atoms with Crippen molar-refractivity contribution in [3.63, 3.8) is 0 Å². The minimum atomic E-state index is -2.28. The molecule has 3 saturated heterocycles. The van der Waals surface area contributed by atoms with Crippen molar-refractivity contribution < 1.29 is 74.4 Å². The number of nitrogens with zero attached hydrogens (tertiary/aromatic N) is 2. The average molecular weight is 1090 g/mol. The second kappa shape index (κ2) is 31.5. The van der Waals surface area contributed by atoms with E-state index in [-0.39, 0.29) is 56.8 Å². The predicted octanol–water partition coefficient (Wildman–Crippen LogP) is -3.31. The van der Waals surface area contributed by atoms with Crippen molar-refractivity contribution in [1.82, 2.24) is 41.7 Å². The molecule has 0 bridgehead atoms. The van der Waals surface area contributed by atoms with Gasteiger partial charge in [0.2, 0.25) is 41.4 Å². The summed E-state index contributed by atoms with van der Waals surface area (Å²) < 4.78 is 0. The summed E-state index contributed by atoms with van der Waals surface area (Å²) in [6, 6.07) is -6.40. The summed E-state index contributed by atoms with van der Waals surface area (Å²) in [4.78, 5) is 102. The van der Waals surface area contributed by atoms with Gasteiger partial charge in [-0.15, -0.1) is 0 Å². The van der Waals surface area contributed by atoms with E-state index >= 15 is 0 Å². The molecule has 0 aromatic heterocycles. The highest BCUT2D eigenvalue weighted by Crippen LogP contribution is 2.27. The lowest BCUT2D eigenvalue weighted by molar-refractivity contribution is -0.148. The van der Waals surface area contributed by atoms with E-state index in [9.17, 15) is 74.4 Å². The van der Waals surface area contributed by atoms with Crippen molar-refractivity contribution in [2.45, 2.75) is 203 Å². The third-order valence-corrected chi connectivity index (χ3v) is 14.9. The van der Waals surface area contributed by atoms with Gasteiger partial charge in [-0.25, -0.2) is 0 Å². The second-order valence-corrected chi connectivity index (χ2v) is 21.3. The number of phenols is 1. The minimum Gasteiger partial charge on any atom is -0.508 e. The number of aliphatic hydroxyl groups is 7. The Bertz CT molecular complexity index is 2070. The standard InChI is InChI=1S/C52H88N10O15/c1-5-28(2)24-29(3)12-10-8-6-7-9-11-13-39(69)56-34-26-38(68)46(55-22-21-54)60-50(75)43-37(67)19-23-61(43)52(77)41(36(66)18-20-53)58-49(74)42(45(71)44(70)31-14-16-32(64)17-15-31)59-48(73)35-25-33(65)27-62(35)51(76)40(30(4)63)57-47(34)72/h14-17,28-30,33-38,40-46,55,63-68,70-71H,5-13,18-27,53-54H2,1-4H3,(H,56,69)(H,57,72)(H,58,74)(H,59,73)(H,60,75)/t28-,29+,30-,33-,34+,35+,36-,37+,38-,40+,41+,42+,43+,44-,45-,46+/m1/s1. The normalized spacial score (nSPS) is 28.6. The average Bonchev–Trinajstić information content (AvgIpc) is 3.99. The van der Waals surface area contributed by atoms with Gasteiger partial charge in [0.15, 0.2) is 0 Å². The summed E-state index contributed by atoms with van der Waals surface area (Å²) in [6.45, 7) is 6.73. The van der Waals surface area contributed by atoms with Crippen molar-refractivity contribution in [2.24, 2.45) is 23.3 Å². The third kappa shape index (κ3) is 18.8. The fourth-order valence-electron chi connectivity index (χ4n) is 10.2. The predicted molar refractivity (Wildman–Crippen MR) is 280 cm³/mol. The lowest BCUT2D eigenvalue weighted by Gasteiger charge is -2.35. The van der Waals surface area contributed by atoms with E-state index < -0.39 is 146 Å². The number of carbonyl (C=O) groups is 7. The smallest absolute Gasteiger partial charge is 0.248 e. The van der Waals surface area contributed by atoms with Gasteiger partial charge in [-0.2, -0.15) is 0 Å². The van der Waals surface area contributed by atoms with Crippen molar-refractivity contribution >= 4 is 41.4 Å². The van der Waals surface area contributed by atoms with Gasteiger partial charge >= 0.3 is 0 Å². The molecule has 3 aliphatic heterocycles. The first-order chi connectivity index (χ1) is 36.5. The molecule has 3 aliphatic rings. The van der Waals surface area contributed by atoms with Crippen molar-refractivity contribution in [1.29, 1.82) is 0 Å². The molecule has 25 heteroatoms. The highest BCUT2D eigenvalue weighted by molar-refractivity contribution is 5.98. The lowest BCUT2D eigenvalue weighted by Crippen LogP contribution is -2.65. The summed E-state index contributed by atoms with van der Waals surface area (Å²) in [5.41, 5.74) is 11.5. The highest BCUT2D eigenvalue weighted by atomic mass is 16.3. The first-order valence-corrected chi connectivity index (χ1v) is 27.3. The zero-order valence-corrected chi connectivity index (χ0v) is 45.0. The van der Waals surface area contributed by atoms with Crippen LogP contribution in [0.2, 0.25) is 0 Å². The molecule has 7 amide bonds. The number of amides is 7. The molecule has 77 heavy (non-hydrogen) atoms. The number of phenolic OH excluding ortho intramolecular Hbond substituents is 1. The number of benzene rings is 1. The molecule has 0 saturated carbocycles. The quantitative estimate of drug-likeness (QED) is 0.0477. The molecule has 0 radical (unpaired) electrons. The molecule has 3 heterocycles. The molecule has 0 unspecified atom stereocenters. The summed E-state index contributed by atoms with van der Waals surface area (Å²) >= 11 is 0. The van der Waals surface area contributed by atoms with Crippen LogP contribution in [0.3, 0.4) is 0 Å². The van der Waals surface area contributed by atoms with Crippen LogP contribution in [0.25, 0.3) is 0 Å². The second-order valence-electron chi connectivity index (χ2n) is 21.3. The fraction of sp³-hybridized carbons (Fsp3) is 0.750. The number of nitrogens with one attached hydrogen (secondary N) is 6. The van der Waals surface area contributed by atoms with E-state index in [1.54, 1.807) is 0 Å². The molecule has 25 nitrogen and oxygen atoms in total. The van der Waals surface area contributed by atoms with Crippen LogP contribution in [0.4, 0.5) is 0 Å². The molecule has 1 aromatic carbocycles. The number of aliphatic hydroxyl groups excluding tert-OH is 7. The number of carbonyl (C=O) groups excluding carboxylic acids is 7. The van der Waals surface area contributed by atoms with Crippen molar-refractivity contribution in [2.75, 3.05) is 32.7 Å².